The third kappa shape index (κ3) is 12.4. The molecule has 1 aliphatic carbocycles. The molecule has 3 aromatic rings. The number of amides is 2. The Morgan fingerprint density at radius 3 is 2.24 bits per heavy atom. The number of anilines is 2. The summed E-state index contributed by atoms with van der Waals surface area (Å²) >= 11 is 0. The average Bonchev–Trinajstić information content (AvgIpc) is 3.69. The number of alkyl carbamates (subject to hydrolysis) is 1. The van der Waals surface area contributed by atoms with Crippen LogP contribution < -0.4 is 15.0 Å². The highest BCUT2D eigenvalue weighted by Gasteiger charge is 2.36. The van der Waals surface area contributed by atoms with Gasteiger partial charge in [-0.1, -0.05) is 6.42 Å². The first-order chi connectivity index (χ1) is 25.2. The molecule has 1 fully saturated rings. The Labute approximate surface area is 316 Å². The molecule has 1 saturated carbocycles. The van der Waals surface area contributed by atoms with Crippen molar-refractivity contribution in [3.05, 3.63) is 70.2 Å². The Morgan fingerprint density at radius 2 is 1.61 bits per heavy atom. The maximum absolute atomic E-state index is 14.0. The van der Waals surface area contributed by atoms with Crippen LogP contribution in [0.15, 0.2) is 48.7 Å². The number of carbonyl (C=O) groups excluding carboxylic acids is 3. The summed E-state index contributed by atoms with van der Waals surface area (Å²) in [4.78, 5) is 55.0. The monoisotopic (exact) mass is 750 g/mol. The van der Waals surface area contributed by atoms with Gasteiger partial charge in [-0.2, -0.15) is 5.10 Å². The summed E-state index contributed by atoms with van der Waals surface area (Å²) in [5.74, 6) is 0.602. The topological polar surface area (TPSA) is 177 Å². The van der Waals surface area contributed by atoms with Gasteiger partial charge in [0.15, 0.2) is 0 Å². The molecular weight excluding hydrogens is 696 g/mol. The van der Waals surface area contributed by atoms with Gasteiger partial charge in [0.2, 0.25) is 0 Å². The standard InChI is InChI=1S/C39H54N6O9/c1-37(2,3)44-33(25-32(42-44)26-14-17-31(23-26)52-36(48)51-30-18-15-28(16-19-30)45(49)50)43(35(47)54-39(7,8)9)29-20-22-40-27(24-29)13-11-10-12-21-41-34(46)53-38(4,5)6/h15-16,18-20,22,24-26,31H,10-14,17,21,23H2,1-9H3,(H,41,46)/t26-,31+/m0/s1. The molecule has 1 aliphatic rings. The summed E-state index contributed by atoms with van der Waals surface area (Å²) in [7, 11) is 0. The fourth-order valence-electron chi connectivity index (χ4n) is 5.94. The number of ether oxygens (including phenoxy) is 4. The lowest BCUT2D eigenvalue weighted by Crippen LogP contribution is -2.37. The summed E-state index contributed by atoms with van der Waals surface area (Å²) in [6, 6.07) is 10.7. The van der Waals surface area contributed by atoms with Gasteiger partial charge in [0.05, 0.1) is 21.8 Å². The summed E-state index contributed by atoms with van der Waals surface area (Å²) in [5, 5.41) is 18.7. The third-order valence-electron chi connectivity index (χ3n) is 8.30. The first-order valence-electron chi connectivity index (χ1n) is 18.4. The zero-order valence-electron chi connectivity index (χ0n) is 32.8. The van der Waals surface area contributed by atoms with Gasteiger partial charge in [0.25, 0.3) is 5.69 Å². The fraction of sp³-hybridized carbons (Fsp3) is 0.564. The van der Waals surface area contributed by atoms with E-state index in [1.54, 1.807) is 12.3 Å². The number of aryl methyl sites for hydroxylation is 1. The normalized spacial score (nSPS) is 16.0. The number of benzene rings is 1. The quantitative estimate of drug-likeness (QED) is 0.0466. The minimum atomic E-state index is -0.891. The Kier molecular flexibility index (Phi) is 13.3. The number of hydrogen-bond acceptors (Lipinski definition) is 11. The predicted octanol–water partition coefficient (Wildman–Crippen LogP) is 9.10. The van der Waals surface area contributed by atoms with Gasteiger partial charge in [-0.15, -0.1) is 0 Å². The third-order valence-corrected chi connectivity index (χ3v) is 8.30. The summed E-state index contributed by atoms with van der Waals surface area (Å²) in [5.41, 5.74) is 0.175. The molecule has 1 aromatic carbocycles. The number of rotatable bonds is 12. The molecule has 0 radical (unpaired) electrons. The Morgan fingerprint density at radius 1 is 0.926 bits per heavy atom. The number of nitrogens with zero attached hydrogens (tertiary/aromatic N) is 5. The lowest BCUT2D eigenvalue weighted by Gasteiger charge is -2.30. The van der Waals surface area contributed by atoms with Crippen LogP contribution >= 0.6 is 0 Å². The molecule has 294 valence electrons. The van der Waals surface area contributed by atoms with Crippen molar-refractivity contribution in [1.82, 2.24) is 20.1 Å². The molecule has 2 heterocycles. The number of carbonyl (C=O) groups is 3. The van der Waals surface area contributed by atoms with Crippen molar-refractivity contribution in [1.29, 1.82) is 0 Å². The van der Waals surface area contributed by atoms with E-state index in [-0.39, 0.29) is 17.4 Å². The molecule has 54 heavy (non-hydrogen) atoms. The number of aromatic nitrogens is 3. The molecule has 4 rings (SSSR count). The van der Waals surface area contributed by atoms with Crippen LogP contribution in [0.4, 0.5) is 31.6 Å². The van der Waals surface area contributed by atoms with Gasteiger partial charge < -0.3 is 24.3 Å². The van der Waals surface area contributed by atoms with Crippen LogP contribution in [0.5, 0.6) is 5.75 Å². The van der Waals surface area contributed by atoms with Crippen molar-refractivity contribution in [3.63, 3.8) is 0 Å². The zero-order chi connectivity index (χ0) is 39.8. The smallest absolute Gasteiger partial charge is 0.444 e. The summed E-state index contributed by atoms with van der Waals surface area (Å²) in [6.07, 6.45) is 4.27. The number of nitro groups is 1. The molecule has 0 spiro atoms. The second-order valence-electron chi connectivity index (χ2n) is 16.4. The largest absolute Gasteiger partial charge is 0.514 e. The van der Waals surface area contributed by atoms with E-state index in [0.29, 0.717) is 43.7 Å². The Balaban J connectivity index is 1.49. The SMILES string of the molecule is CC(C)(C)OC(=O)NCCCCCc1cc(N(C(=O)OC(C)(C)C)c2cc([C@H]3CC[C@@H](OC(=O)Oc4ccc([N+](=O)[O-])cc4)C3)nn2C(C)(C)C)ccn1. The zero-order valence-corrected chi connectivity index (χ0v) is 32.8. The van der Waals surface area contributed by atoms with Gasteiger partial charge in [0, 0.05) is 42.6 Å². The van der Waals surface area contributed by atoms with Crippen molar-refractivity contribution < 1.29 is 38.3 Å². The van der Waals surface area contributed by atoms with Crippen molar-refractivity contribution in [2.45, 2.75) is 136 Å². The first-order valence-corrected chi connectivity index (χ1v) is 18.4. The van der Waals surface area contributed by atoms with Gasteiger partial charge in [-0.05, 0) is 125 Å². The van der Waals surface area contributed by atoms with Crippen molar-refractivity contribution in [2.24, 2.45) is 0 Å². The Hall–Kier alpha value is -5.21. The molecule has 0 unspecified atom stereocenters. The molecule has 2 aromatic heterocycles. The van der Waals surface area contributed by atoms with E-state index in [0.717, 1.165) is 30.7 Å². The maximum atomic E-state index is 14.0. The maximum Gasteiger partial charge on any atom is 0.514 e. The van der Waals surface area contributed by atoms with Crippen LogP contribution in [-0.4, -0.2) is 61.9 Å². The highest BCUT2D eigenvalue weighted by Crippen LogP contribution is 2.40. The van der Waals surface area contributed by atoms with E-state index in [1.807, 2.05) is 79.1 Å². The van der Waals surface area contributed by atoms with Crippen LogP contribution in [-0.2, 0) is 26.2 Å². The number of nitro benzene ring substituents is 1. The highest BCUT2D eigenvalue weighted by atomic mass is 16.7. The predicted molar refractivity (Wildman–Crippen MR) is 202 cm³/mol. The van der Waals surface area contributed by atoms with Crippen LogP contribution in [0.25, 0.3) is 0 Å². The lowest BCUT2D eigenvalue weighted by atomic mass is 10.0. The van der Waals surface area contributed by atoms with Crippen LogP contribution in [0, 0.1) is 10.1 Å². The van der Waals surface area contributed by atoms with Gasteiger partial charge in [0.1, 0.15) is 28.9 Å². The van der Waals surface area contributed by atoms with Crippen molar-refractivity contribution >= 4 is 35.5 Å². The lowest BCUT2D eigenvalue weighted by molar-refractivity contribution is -0.384. The van der Waals surface area contributed by atoms with E-state index in [1.165, 1.54) is 29.2 Å². The van der Waals surface area contributed by atoms with Crippen LogP contribution in [0.2, 0.25) is 0 Å². The molecule has 0 bridgehead atoms. The molecule has 15 heteroatoms. The number of non-ortho nitro benzene ring substituents is 1. The average molecular weight is 751 g/mol. The number of hydrogen-bond donors (Lipinski definition) is 1. The van der Waals surface area contributed by atoms with E-state index < -0.39 is 46.1 Å². The number of pyridine rings is 1. The van der Waals surface area contributed by atoms with E-state index >= 15 is 0 Å². The molecule has 2 amide bonds. The van der Waals surface area contributed by atoms with Crippen LogP contribution in [0.3, 0.4) is 0 Å². The minimum Gasteiger partial charge on any atom is -0.444 e. The Bertz CT molecular complexity index is 1770. The van der Waals surface area contributed by atoms with E-state index in [9.17, 15) is 24.5 Å². The number of unbranched alkanes of at least 4 members (excludes halogenated alkanes) is 2. The van der Waals surface area contributed by atoms with E-state index in [4.69, 9.17) is 24.0 Å². The van der Waals surface area contributed by atoms with Gasteiger partial charge in [-0.3, -0.25) is 15.1 Å². The van der Waals surface area contributed by atoms with Gasteiger partial charge in [-0.25, -0.2) is 24.0 Å². The minimum absolute atomic E-state index is 0.0668. The second-order valence-corrected chi connectivity index (χ2v) is 16.4. The molecular formula is C39H54N6O9. The molecule has 1 N–H and O–H groups in total. The molecule has 2 atom stereocenters. The van der Waals surface area contributed by atoms with Gasteiger partial charge >= 0.3 is 18.3 Å². The number of nitrogens with one attached hydrogen (secondary N) is 1. The first kappa shape index (κ1) is 41.5. The van der Waals surface area contributed by atoms with Crippen LogP contribution in [0.1, 0.15) is 118 Å². The van der Waals surface area contributed by atoms with E-state index in [2.05, 4.69) is 10.3 Å². The fourth-order valence-corrected chi connectivity index (χ4v) is 5.94. The molecule has 0 aliphatic heterocycles. The van der Waals surface area contributed by atoms with Crippen molar-refractivity contribution in [3.8, 4) is 5.75 Å². The summed E-state index contributed by atoms with van der Waals surface area (Å²) < 4.78 is 23.9. The molecule has 0 saturated heterocycles. The van der Waals surface area contributed by atoms with Crippen molar-refractivity contribution in [2.75, 3.05) is 11.4 Å². The highest BCUT2D eigenvalue weighted by molar-refractivity contribution is 5.95. The molecule has 15 nitrogen and oxygen atoms in total. The summed E-state index contributed by atoms with van der Waals surface area (Å²) in [6.45, 7) is 17.4. The second kappa shape index (κ2) is 17.3.